The third-order valence-corrected chi connectivity index (χ3v) is 9.61. The van der Waals surface area contributed by atoms with Crippen LogP contribution in [0, 0.1) is 40.4 Å². The number of ether oxygens (including phenoxy) is 7. The van der Waals surface area contributed by atoms with Gasteiger partial charge in [-0.2, -0.15) is 0 Å². The van der Waals surface area contributed by atoms with E-state index in [0.29, 0.717) is 5.92 Å². The van der Waals surface area contributed by atoms with Gasteiger partial charge in [-0.3, -0.25) is 19.1 Å². The molecule has 42 heavy (non-hydrogen) atoms. The van der Waals surface area contributed by atoms with E-state index in [1.165, 1.54) is 6.42 Å². The van der Waals surface area contributed by atoms with Gasteiger partial charge in [0.2, 0.25) is 0 Å². The number of rotatable bonds is 10. The largest absolute Gasteiger partial charge is 0.463 e. The Labute approximate surface area is 250 Å². The Morgan fingerprint density at radius 1 is 0.810 bits per heavy atom. The molecule has 0 aromatic carbocycles. The Kier molecular flexibility index (Phi) is 9.45. The molecule has 2 saturated carbocycles. The van der Waals surface area contributed by atoms with Crippen molar-refractivity contribution in [3.05, 3.63) is 0 Å². The minimum Gasteiger partial charge on any atom is -0.463 e. The van der Waals surface area contributed by atoms with Crippen molar-refractivity contribution in [3.8, 4) is 0 Å². The highest BCUT2D eigenvalue weighted by molar-refractivity contribution is 5.73. The first-order valence-corrected chi connectivity index (χ1v) is 15.7. The van der Waals surface area contributed by atoms with Crippen LogP contribution in [0.2, 0.25) is 0 Å². The van der Waals surface area contributed by atoms with E-state index >= 15 is 0 Å². The topological polar surface area (TPSA) is 116 Å². The third-order valence-electron chi connectivity index (χ3n) is 9.61. The highest BCUT2D eigenvalue weighted by atomic mass is 16.9. The van der Waals surface area contributed by atoms with Gasteiger partial charge < -0.3 is 28.4 Å². The van der Waals surface area contributed by atoms with Crippen molar-refractivity contribution in [2.45, 2.75) is 138 Å². The lowest BCUT2D eigenvalue weighted by atomic mass is 9.70. The smallest absolute Gasteiger partial charge is 0.308 e. The normalized spacial score (nSPS) is 38.8. The molecule has 4 aliphatic rings. The molecular formula is C32H52O10. The van der Waals surface area contributed by atoms with Crippen LogP contribution in [-0.2, 0) is 47.5 Å². The molecule has 2 aliphatic heterocycles. The van der Waals surface area contributed by atoms with Crippen molar-refractivity contribution < 1.29 is 47.5 Å². The van der Waals surface area contributed by atoms with Gasteiger partial charge in [0.05, 0.1) is 23.9 Å². The van der Waals surface area contributed by atoms with Crippen LogP contribution in [0.3, 0.4) is 0 Å². The summed E-state index contributed by atoms with van der Waals surface area (Å²) in [6.07, 6.45) is -1.97. The van der Waals surface area contributed by atoms with Crippen molar-refractivity contribution >= 4 is 17.9 Å². The lowest BCUT2D eigenvalue weighted by Crippen LogP contribution is -2.61. The molecule has 4 fully saturated rings. The Morgan fingerprint density at radius 3 is 1.88 bits per heavy atom. The maximum Gasteiger partial charge on any atom is 0.308 e. The summed E-state index contributed by atoms with van der Waals surface area (Å²) in [4.78, 5) is 38.3. The number of carbonyl (C=O) groups is 3. The second-order valence-corrected chi connectivity index (χ2v) is 14.8. The molecule has 0 aromatic rings. The zero-order chi connectivity index (χ0) is 31.4. The number of hydrogen-bond acceptors (Lipinski definition) is 10. The summed E-state index contributed by atoms with van der Waals surface area (Å²) in [5.74, 6) is -3.92. The van der Waals surface area contributed by atoms with Gasteiger partial charge in [0.15, 0.2) is 24.6 Å². The van der Waals surface area contributed by atoms with Crippen molar-refractivity contribution in [2.24, 2.45) is 40.4 Å². The first kappa shape index (κ1) is 33.1. The monoisotopic (exact) mass is 596 g/mol. The average molecular weight is 597 g/mol. The summed E-state index contributed by atoms with van der Waals surface area (Å²) >= 11 is 0. The highest BCUT2D eigenvalue weighted by Gasteiger charge is 2.67. The molecule has 240 valence electrons. The number of hydrogen-bond donors (Lipinski definition) is 0. The van der Waals surface area contributed by atoms with Crippen LogP contribution < -0.4 is 0 Å². The molecular weight excluding hydrogens is 544 g/mol. The van der Waals surface area contributed by atoms with E-state index in [0.717, 1.165) is 12.8 Å². The van der Waals surface area contributed by atoms with E-state index in [2.05, 4.69) is 20.8 Å². The quantitative estimate of drug-likeness (QED) is 0.252. The van der Waals surface area contributed by atoms with Crippen molar-refractivity contribution in [1.82, 2.24) is 0 Å². The van der Waals surface area contributed by atoms with Gasteiger partial charge in [-0.15, -0.1) is 0 Å². The van der Waals surface area contributed by atoms with E-state index in [-0.39, 0.29) is 35.4 Å². The molecule has 10 nitrogen and oxygen atoms in total. The zero-order valence-electron chi connectivity index (χ0n) is 27.3. The summed E-state index contributed by atoms with van der Waals surface area (Å²) in [7, 11) is 0. The van der Waals surface area contributed by atoms with E-state index in [1.54, 1.807) is 41.5 Å². The van der Waals surface area contributed by atoms with Gasteiger partial charge in [0.1, 0.15) is 12.7 Å². The summed E-state index contributed by atoms with van der Waals surface area (Å²) in [6, 6.07) is 0. The molecule has 0 amide bonds. The third kappa shape index (κ3) is 6.10. The van der Waals surface area contributed by atoms with Crippen LogP contribution in [0.5, 0.6) is 0 Å². The molecule has 2 saturated heterocycles. The standard InChI is InChI=1S/C32H52O10/c1-16(2)25(33)36-15-21-22(38-26(34)17(3)4)23(39-27(35)18(5)6)24-28(37-21)41-32(40-24,19(7)8)42-29-30(9,10)20-12-13-31(29,11)14-20/h16-24,28-29H,12-15H2,1-11H3/t20-,21+,22+,23-,24+,28+,29-,31+,32?/m0/s1. The summed E-state index contributed by atoms with van der Waals surface area (Å²) in [6.45, 7) is 20.8. The van der Waals surface area contributed by atoms with Crippen molar-refractivity contribution in [2.75, 3.05) is 6.61 Å². The van der Waals surface area contributed by atoms with Crippen LogP contribution in [0.15, 0.2) is 0 Å². The molecule has 10 heteroatoms. The van der Waals surface area contributed by atoms with Crippen LogP contribution >= 0.6 is 0 Å². The fourth-order valence-electron chi connectivity index (χ4n) is 6.94. The van der Waals surface area contributed by atoms with Crippen LogP contribution in [0.25, 0.3) is 0 Å². The first-order chi connectivity index (χ1) is 19.4. The minimum atomic E-state index is -1.50. The van der Waals surface area contributed by atoms with Gasteiger partial charge >= 0.3 is 17.9 Å². The lowest BCUT2D eigenvalue weighted by molar-refractivity contribution is -0.405. The molecule has 2 bridgehead atoms. The molecule has 0 spiro atoms. The lowest BCUT2D eigenvalue weighted by Gasteiger charge is -2.46. The maximum atomic E-state index is 13.0. The Hall–Kier alpha value is -1.75. The van der Waals surface area contributed by atoms with E-state index in [1.807, 2.05) is 13.8 Å². The number of fused-ring (bicyclic) bond motifs is 3. The zero-order valence-corrected chi connectivity index (χ0v) is 27.3. The van der Waals surface area contributed by atoms with Gasteiger partial charge in [-0.05, 0) is 36.0 Å². The van der Waals surface area contributed by atoms with Crippen molar-refractivity contribution in [1.29, 1.82) is 0 Å². The predicted molar refractivity (Wildman–Crippen MR) is 152 cm³/mol. The second-order valence-electron chi connectivity index (χ2n) is 14.8. The molecule has 0 aromatic heterocycles. The number of esters is 3. The fourth-order valence-corrected chi connectivity index (χ4v) is 6.94. The van der Waals surface area contributed by atoms with Gasteiger partial charge in [-0.1, -0.05) is 76.2 Å². The second kappa shape index (κ2) is 12.0. The van der Waals surface area contributed by atoms with Gasteiger partial charge in [0, 0.05) is 5.92 Å². The fraction of sp³-hybridized carbons (Fsp3) is 0.906. The maximum absolute atomic E-state index is 13.0. The number of carbonyl (C=O) groups excluding carboxylic acids is 3. The molecule has 4 rings (SSSR count). The summed E-state index contributed by atoms with van der Waals surface area (Å²) in [5, 5.41) is 0. The molecule has 9 atom stereocenters. The summed E-state index contributed by atoms with van der Waals surface area (Å²) in [5.41, 5.74) is -0.119. The first-order valence-electron chi connectivity index (χ1n) is 15.7. The summed E-state index contributed by atoms with van der Waals surface area (Å²) < 4.78 is 43.9. The SMILES string of the molecule is CC(C)C(=O)OC[C@H]1O[C@@H]2OC(O[C@H]3C(C)(C)[C@H]4CC[C@]3(C)C4)(C(C)C)O[C@@H]2[C@@H](OC(=O)C(C)C)[C@@H]1OC(=O)C(C)C. The Morgan fingerprint density at radius 2 is 1.38 bits per heavy atom. The molecule has 2 heterocycles. The Balaban J connectivity index is 1.69. The average Bonchev–Trinajstić information content (AvgIpc) is 3.53. The van der Waals surface area contributed by atoms with E-state index in [9.17, 15) is 14.4 Å². The van der Waals surface area contributed by atoms with Gasteiger partial charge in [0.25, 0.3) is 5.97 Å². The molecule has 2 aliphatic carbocycles. The molecule has 0 N–H and O–H groups in total. The van der Waals surface area contributed by atoms with Crippen molar-refractivity contribution in [3.63, 3.8) is 0 Å². The minimum absolute atomic E-state index is 0.0240. The Bertz CT molecular complexity index is 1020. The van der Waals surface area contributed by atoms with Crippen LogP contribution in [-0.4, -0.2) is 67.3 Å². The van der Waals surface area contributed by atoms with Gasteiger partial charge in [-0.25, -0.2) is 0 Å². The highest BCUT2D eigenvalue weighted by Crippen LogP contribution is 2.65. The van der Waals surface area contributed by atoms with Crippen LogP contribution in [0.1, 0.15) is 95.4 Å². The van der Waals surface area contributed by atoms with E-state index in [4.69, 9.17) is 33.2 Å². The molecule has 0 radical (unpaired) electrons. The van der Waals surface area contributed by atoms with E-state index < -0.39 is 66.4 Å². The van der Waals surface area contributed by atoms with Crippen LogP contribution in [0.4, 0.5) is 0 Å². The predicted octanol–water partition coefficient (Wildman–Crippen LogP) is 5.00. The molecule has 1 unspecified atom stereocenters.